The van der Waals surface area contributed by atoms with Gasteiger partial charge in [0.25, 0.3) is 0 Å². The molecule has 1 saturated heterocycles. The van der Waals surface area contributed by atoms with Crippen LogP contribution in [0.1, 0.15) is 44.2 Å². The molecule has 0 radical (unpaired) electrons. The first-order valence-corrected chi connectivity index (χ1v) is 11.9. The van der Waals surface area contributed by atoms with E-state index in [-0.39, 0.29) is 23.3 Å². The van der Waals surface area contributed by atoms with Gasteiger partial charge in [-0.1, -0.05) is 72.8 Å². The van der Waals surface area contributed by atoms with Crippen molar-refractivity contribution in [3.05, 3.63) is 96.1 Å². The van der Waals surface area contributed by atoms with Crippen LogP contribution in [0.3, 0.4) is 0 Å². The number of para-hydroxylation sites is 2. The number of nitrogens with zero attached hydrogens (tertiary/aromatic N) is 1. The van der Waals surface area contributed by atoms with Gasteiger partial charge >= 0.3 is 0 Å². The van der Waals surface area contributed by atoms with Crippen LogP contribution in [0.25, 0.3) is 0 Å². The Morgan fingerprint density at radius 3 is 2.06 bits per heavy atom. The Bertz CT molecular complexity index is 1060. The van der Waals surface area contributed by atoms with Crippen molar-refractivity contribution < 1.29 is 14.6 Å². The fraction of sp³-hybridized carbons (Fsp3) is 0.345. The van der Waals surface area contributed by atoms with Crippen molar-refractivity contribution in [2.45, 2.75) is 50.2 Å². The number of aromatic hydroxyl groups is 1. The predicted octanol–water partition coefficient (Wildman–Crippen LogP) is 4.88. The van der Waals surface area contributed by atoms with Crippen molar-refractivity contribution >= 4 is 5.91 Å². The number of hydrogen-bond donors (Lipinski definition) is 2. The lowest BCUT2D eigenvalue weighted by atomic mass is 9.69. The standard InChI is InChI=1S/C29H34N2O3/c1-28(2,31-20-17-24(21-31)34-26-16-10-9-15-25(26)32)18-19-29(27(30)33,22-11-5-3-6-12-22)23-13-7-4-8-14-23/h3-16,24,32H,17-21H2,1-2H3,(H2,30,33). The van der Waals surface area contributed by atoms with E-state index in [0.29, 0.717) is 12.2 Å². The van der Waals surface area contributed by atoms with Gasteiger partial charge in [-0.15, -0.1) is 0 Å². The number of likely N-dealkylation sites (tertiary alicyclic amines) is 1. The number of rotatable bonds is 9. The number of amides is 1. The van der Waals surface area contributed by atoms with E-state index in [9.17, 15) is 9.90 Å². The zero-order valence-corrected chi connectivity index (χ0v) is 20.0. The maximum absolute atomic E-state index is 13.1. The van der Waals surface area contributed by atoms with Gasteiger partial charge in [-0.3, -0.25) is 9.69 Å². The summed E-state index contributed by atoms with van der Waals surface area (Å²) in [6.07, 6.45) is 2.28. The first-order chi connectivity index (χ1) is 16.3. The minimum absolute atomic E-state index is 0.0109. The molecule has 0 saturated carbocycles. The van der Waals surface area contributed by atoms with Crippen molar-refractivity contribution in [2.75, 3.05) is 13.1 Å². The number of carbonyl (C=O) groups is 1. The number of hydrogen-bond acceptors (Lipinski definition) is 4. The van der Waals surface area contributed by atoms with E-state index in [1.165, 1.54) is 0 Å². The van der Waals surface area contributed by atoms with Crippen LogP contribution < -0.4 is 10.5 Å². The van der Waals surface area contributed by atoms with Crippen LogP contribution in [-0.2, 0) is 10.2 Å². The number of ether oxygens (including phenoxy) is 1. The number of phenols is 1. The Labute approximate surface area is 202 Å². The summed E-state index contributed by atoms with van der Waals surface area (Å²) in [6, 6.07) is 26.8. The molecular weight excluding hydrogens is 424 g/mol. The van der Waals surface area contributed by atoms with Gasteiger partial charge in [-0.2, -0.15) is 0 Å². The molecule has 0 spiro atoms. The third-order valence-corrected chi connectivity index (χ3v) is 7.23. The van der Waals surface area contributed by atoms with Gasteiger partial charge in [-0.25, -0.2) is 0 Å². The van der Waals surface area contributed by atoms with Crippen molar-refractivity contribution in [1.29, 1.82) is 0 Å². The van der Waals surface area contributed by atoms with Crippen LogP contribution in [-0.4, -0.2) is 40.6 Å². The molecule has 1 amide bonds. The first-order valence-electron chi connectivity index (χ1n) is 11.9. The Morgan fingerprint density at radius 1 is 0.941 bits per heavy atom. The van der Waals surface area contributed by atoms with E-state index in [4.69, 9.17) is 10.5 Å². The van der Waals surface area contributed by atoms with Gasteiger partial charge in [0.15, 0.2) is 11.5 Å². The zero-order valence-electron chi connectivity index (χ0n) is 20.0. The van der Waals surface area contributed by atoms with Crippen LogP contribution >= 0.6 is 0 Å². The lowest BCUT2D eigenvalue weighted by Gasteiger charge is -2.40. The molecule has 1 heterocycles. The molecule has 1 unspecified atom stereocenters. The highest BCUT2D eigenvalue weighted by Gasteiger charge is 2.43. The molecule has 5 nitrogen and oxygen atoms in total. The van der Waals surface area contributed by atoms with Crippen molar-refractivity contribution in [1.82, 2.24) is 4.90 Å². The molecule has 4 rings (SSSR count). The number of phenolic OH excluding ortho intramolecular Hbond substituents is 1. The summed E-state index contributed by atoms with van der Waals surface area (Å²) in [5, 5.41) is 10.1. The normalized spacial score (nSPS) is 16.9. The Kier molecular flexibility index (Phi) is 6.94. The molecule has 0 bridgehead atoms. The van der Waals surface area contributed by atoms with Gasteiger partial charge < -0.3 is 15.6 Å². The number of carbonyl (C=O) groups excluding carboxylic acids is 1. The zero-order chi connectivity index (χ0) is 24.2. The van der Waals surface area contributed by atoms with Gasteiger partial charge in [-0.05, 0) is 56.4 Å². The van der Waals surface area contributed by atoms with Crippen molar-refractivity contribution in [3.8, 4) is 11.5 Å². The molecule has 178 valence electrons. The summed E-state index contributed by atoms with van der Waals surface area (Å²) in [4.78, 5) is 15.5. The summed E-state index contributed by atoms with van der Waals surface area (Å²) >= 11 is 0. The summed E-state index contributed by atoms with van der Waals surface area (Å²) in [7, 11) is 0. The second-order valence-electron chi connectivity index (χ2n) is 9.76. The van der Waals surface area contributed by atoms with Crippen LogP contribution in [0.15, 0.2) is 84.9 Å². The van der Waals surface area contributed by atoms with Crippen LogP contribution in [0.5, 0.6) is 11.5 Å². The average Bonchev–Trinajstić information content (AvgIpc) is 3.32. The van der Waals surface area contributed by atoms with Gasteiger partial charge in [0.2, 0.25) is 5.91 Å². The molecule has 1 fully saturated rings. The molecule has 5 heteroatoms. The monoisotopic (exact) mass is 458 g/mol. The lowest BCUT2D eigenvalue weighted by molar-refractivity contribution is -0.122. The van der Waals surface area contributed by atoms with E-state index >= 15 is 0 Å². The Balaban J connectivity index is 1.53. The lowest BCUT2D eigenvalue weighted by Crippen LogP contribution is -2.47. The number of nitrogens with two attached hydrogens (primary N) is 1. The van der Waals surface area contributed by atoms with Crippen LogP contribution in [0, 0.1) is 0 Å². The summed E-state index contributed by atoms with van der Waals surface area (Å²) in [5.74, 6) is 0.355. The van der Waals surface area contributed by atoms with E-state index in [0.717, 1.165) is 37.1 Å². The minimum atomic E-state index is -0.898. The van der Waals surface area contributed by atoms with E-state index in [1.807, 2.05) is 66.7 Å². The number of primary amides is 1. The fourth-order valence-electron chi connectivity index (χ4n) is 5.07. The molecule has 3 aromatic carbocycles. The summed E-state index contributed by atoms with van der Waals surface area (Å²) in [5.41, 5.74) is 6.93. The Hall–Kier alpha value is -3.31. The van der Waals surface area contributed by atoms with Crippen molar-refractivity contribution in [2.24, 2.45) is 5.73 Å². The third-order valence-electron chi connectivity index (χ3n) is 7.23. The molecule has 3 aromatic rings. The predicted molar refractivity (Wildman–Crippen MR) is 135 cm³/mol. The molecule has 1 atom stereocenters. The first kappa shape index (κ1) is 23.8. The highest BCUT2D eigenvalue weighted by molar-refractivity contribution is 5.90. The van der Waals surface area contributed by atoms with Crippen LogP contribution in [0.2, 0.25) is 0 Å². The molecule has 3 N–H and O–H groups in total. The second-order valence-corrected chi connectivity index (χ2v) is 9.76. The van der Waals surface area contributed by atoms with Gasteiger partial charge in [0.05, 0.1) is 5.41 Å². The molecule has 1 aliphatic heterocycles. The summed E-state index contributed by atoms with van der Waals surface area (Å²) < 4.78 is 6.09. The van der Waals surface area contributed by atoms with E-state index in [2.05, 4.69) is 18.7 Å². The third kappa shape index (κ3) is 4.80. The van der Waals surface area contributed by atoms with Gasteiger partial charge in [0, 0.05) is 18.6 Å². The topological polar surface area (TPSA) is 75.8 Å². The highest BCUT2D eigenvalue weighted by Crippen LogP contribution is 2.40. The summed E-state index contributed by atoms with van der Waals surface area (Å²) in [6.45, 7) is 6.10. The highest BCUT2D eigenvalue weighted by atomic mass is 16.5. The second kappa shape index (κ2) is 9.90. The van der Waals surface area contributed by atoms with E-state index < -0.39 is 5.41 Å². The molecule has 1 aliphatic rings. The Morgan fingerprint density at radius 2 is 1.50 bits per heavy atom. The molecule has 0 aliphatic carbocycles. The smallest absolute Gasteiger partial charge is 0.232 e. The minimum Gasteiger partial charge on any atom is -0.504 e. The van der Waals surface area contributed by atoms with Gasteiger partial charge in [0.1, 0.15) is 6.10 Å². The van der Waals surface area contributed by atoms with E-state index in [1.54, 1.807) is 18.2 Å². The fourth-order valence-corrected chi connectivity index (χ4v) is 5.07. The number of benzene rings is 3. The molecule has 0 aromatic heterocycles. The maximum Gasteiger partial charge on any atom is 0.232 e. The SMILES string of the molecule is CC(C)(CCC(C(N)=O)(c1ccccc1)c1ccccc1)N1CCC(Oc2ccccc2O)C1. The largest absolute Gasteiger partial charge is 0.504 e. The average molecular weight is 459 g/mol. The maximum atomic E-state index is 13.1. The van der Waals surface area contributed by atoms with Crippen LogP contribution in [0.4, 0.5) is 0 Å². The molecule has 34 heavy (non-hydrogen) atoms. The molecular formula is C29H34N2O3. The quantitative estimate of drug-likeness (QED) is 0.479. The van der Waals surface area contributed by atoms with Crippen molar-refractivity contribution in [3.63, 3.8) is 0 Å².